The van der Waals surface area contributed by atoms with Gasteiger partial charge in [-0.2, -0.15) is 0 Å². The fourth-order valence-electron chi connectivity index (χ4n) is 4.44. The van der Waals surface area contributed by atoms with Crippen LogP contribution in [0.5, 0.6) is 5.75 Å². The Labute approximate surface area is 173 Å². The zero-order chi connectivity index (χ0) is 22.0. The molecule has 3 aliphatic rings. The Morgan fingerprint density at radius 3 is 2.71 bits per heavy atom. The number of hydrogen-bond donors (Lipinski definition) is 1. The first-order valence-corrected chi connectivity index (χ1v) is 9.44. The van der Waals surface area contributed by atoms with Gasteiger partial charge in [-0.15, -0.1) is 13.2 Å². The number of ether oxygens (including phenoxy) is 2. The molecular formula is C20H16F3N3O5. The summed E-state index contributed by atoms with van der Waals surface area (Å²) in [4.78, 5) is 27.6. The van der Waals surface area contributed by atoms with E-state index in [-0.39, 0.29) is 18.1 Å². The number of alkyl halides is 3. The molecule has 8 nitrogen and oxygen atoms in total. The third-order valence-electron chi connectivity index (χ3n) is 5.65. The van der Waals surface area contributed by atoms with Gasteiger partial charge in [0, 0.05) is 11.8 Å². The van der Waals surface area contributed by atoms with Gasteiger partial charge >= 0.3 is 6.36 Å². The van der Waals surface area contributed by atoms with E-state index in [0.29, 0.717) is 11.6 Å². The number of hydrogen-bond acceptors (Lipinski definition) is 6. The highest BCUT2D eigenvalue weighted by molar-refractivity contribution is 6.05. The van der Waals surface area contributed by atoms with Gasteiger partial charge < -0.3 is 19.3 Å². The highest BCUT2D eigenvalue weighted by atomic mass is 19.4. The summed E-state index contributed by atoms with van der Waals surface area (Å²) in [6.45, 7) is 1.92. The number of anilines is 2. The van der Waals surface area contributed by atoms with Crippen LogP contribution >= 0.6 is 0 Å². The molecular weight excluding hydrogens is 419 g/mol. The predicted molar refractivity (Wildman–Crippen MR) is 99.1 cm³/mol. The summed E-state index contributed by atoms with van der Waals surface area (Å²) in [5.41, 5.74) is -0.657. The molecule has 2 bridgehead atoms. The van der Waals surface area contributed by atoms with Crippen LogP contribution in [0.4, 0.5) is 24.7 Å². The van der Waals surface area contributed by atoms with Crippen LogP contribution in [0.3, 0.4) is 0 Å². The predicted octanol–water partition coefficient (Wildman–Crippen LogP) is 2.81. The number of amides is 2. The van der Waals surface area contributed by atoms with Crippen molar-refractivity contribution in [1.82, 2.24) is 5.16 Å². The van der Waals surface area contributed by atoms with Crippen LogP contribution in [0.2, 0.25) is 0 Å². The molecule has 1 N–H and O–H groups in total. The second-order valence-corrected chi connectivity index (χ2v) is 7.68. The molecule has 4 heterocycles. The zero-order valence-corrected chi connectivity index (χ0v) is 16.1. The molecule has 2 fully saturated rings. The van der Waals surface area contributed by atoms with Crippen molar-refractivity contribution in [2.45, 2.75) is 25.0 Å². The number of benzene rings is 1. The molecule has 1 aromatic heterocycles. The first-order valence-electron chi connectivity index (χ1n) is 9.44. The van der Waals surface area contributed by atoms with Gasteiger partial charge in [0.1, 0.15) is 17.1 Å². The molecule has 2 saturated heterocycles. The molecule has 3 aliphatic heterocycles. The number of carbonyl (C=O) groups is 2. The van der Waals surface area contributed by atoms with E-state index in [4.69, 9.17) is 9.26 Å². The van der Waals surface area contributed by atoms with Gasteiger partial charge in [-0.05, 0) is 31.2 Å². The molecule has 31 heavy (non-hydrogen) atoms. The Balaban J connectivity index is 1.34. The summed E-state index contributed by atoms with van der Waals surface area (Å²) in [5.74, 6) is -1.79. The number of carbonyl (C=O) groups excluding carboxylic acids is 2. The van der Waals surface area contributed by atoms with Crippen LogP contribution in [0.1, 0.15) is 5.76 Å². The van der Waals surface area contributed by atoms with Crippen molar-refractivity contribution in [2.24, 2.45) is 11.8 Å². The van der Waals surface area contributed by atoms with Gasteiger partial charge in [0.05, 0.1) is 24.5 Å². The molecule has 0 saturated carbocycles. The summed E-state index contributed by atoms with van der Waals surface area (Å²) >= 11 is 0. The Morgan fingerprint density at radius 2 is 2.06 bits per heavy atom. The maximum atomic E-state index is 13.2. The van der Waals surface area contributed by atoms with Crippen molar-refractivity contribution >= 4 is 23.3 Å². The summed E-state index contributed by atoms with van der Waals surface area (Å²) in [6, 6.07) is 6.40. The minimum atomic E-state index is -4.80. The first kappa shape index (κ1) is 19.6. The third kappa shape index (κ3) is 3.25. The van der Waals surface area contributed by atoms with Gasteiger partial charge in [0.25, 0.3) is 0 Å². The van der Waals surface area contributed by atoms with Crippen molar-refractivity contribution in [3.8, 4) is 5.75 Å². The topological polar surface area (TPSA) is 93.9 Å². The smallest absolute Gasteiger partial charge is 0.406 e. The Hall–Kier alpha value is -3.34. The third-order valence-corrected chi connectivity index (χ3v) is 5.65. The second kappa shape index (κ2) is 6.58. The summed E-state index contributed by atoms with van der Waals surface area (Å²) in [7, 11) is 0. The van der Waals surface area contributed by atoms with E-state index < -0.39 is 41.6 Å². The number of rotatable bonds is 4. The van der Waals surface area contributed by atoms with Gasteiger partial charge in [0.15, 0.2) is 5.82 Å². The molecule has 1 spiro atoms. The summed E-state index contributed by atoms with van der Waals surface area (Å²) in [5, 5.41) is 6.54. The number of nitrogens with one attached hydrogen (secondary N) is 1. The van der Waals surface area contributed by atoms with E-state index in [0.717, 1.165) is 12.1 Å². The van der Waals surface area contributed by atoms with Crippen molar-refractivity contribution in [3.05, 3.63) is 48.2 Å². The van der Waals surface area contributed by atoms with E-state index in [1.54, 1.807) is 25.1 Å². The van der Waals surface area contributed by atoms with Crippen molar-refractivity contribution in [1.29, 1.82) is 0 Å². The minimum absolute atomic E-state index is 0.211. The fourth-order valence-corrected chi connectivity index (χ4v) is 4.44. The average molecular weight is 435 g/mol. The molecule has 2 aromatic rings. The van der Waals surface area contributed by atoms with Gasteiger partial charge in [-0.1, -0.05) is 17.3 Å². The molecule has 0 radical (unpaired) electrons. The zero-order valence-electron chi connectivity index (χ0n) is 16.1. The van der Waals surface area contributed by atoms with E-state index in [9.17, 15) is 22.8 Å². The molecule has 1 aromatic carbocycles. The Morgan fingerprint density at radius 1 is 1.32 bits per heavy atom. The van der Waals surface area contributed by atoms with Crippen LogP contribution in [-0.4, -0.2) is 41.6 Å². The fraction of sp³-hybridized carbons (Fsp3) is 0.350. The SMILES string of the molecule is Cc1cc(N2C[C@]34C=C[C@@H](O3)[C@H](C(=O)Nc3ccc(OC(F)(F)F)cc3)[C@@H]4C2=O)no1. The quantitative estimate of drug-likeness (QED) is 0.743. The standard InChI is InChI=1S/C20H16F3N3O5/c1-10-8-14(25-31-10)26-9-19-7-6-13(30-19)15(16(19)18(26)28)17(27)24-11-2-4-12(5-3-11)29-20(21,22)23/h2-8,13,15-16H,9H2,1H3,(H,24,27)/t13-,15+,16-,19+/m1/s1. The summed E-state index contributed by atoms with van der Waals surface area (Å²) < 4.78 is 51.8. The normalized spacial score (nSPS) is 28.8. The molecule has 0 unspecified atom stereocenters. The van der Waals surface area contributed by atoms with Crippen LogP contribution in [-0.2, 0) is 14.3 Å². The Bertz CT molecular complexity index is 1080. The van der Waals surface area contributed by atoms with Crippen LogP contribution in [0.15, 0.2) is 47.0 Å². The number of halogens is 3. The van der Waals surface area contributed by atoms with E-state index in [2.05, 4.69) is 15.2 Å². The van der Waals surface area contributed by atoms with Crippen LogP contribution in [0, 0.1) is 18.8 Å². The highest BCUT2D eigenvalue weighted by Gasteiger charge is 2.67. The number of aromatic nitrogens is 1. The van der Waals surface area contributed by atoms with E-state index in [1.807, 2.05) is 0 Å². The lowest BCUT2D eigenvalue weighted by molar-refractivity contribution is -0.274. The molecule has 11 heteroatoms. The van der Waals surface area contributed by atoms with E-state index in [1.165, 1.54) is 17.0 Å². The number of aryl methyl sites for hydroxylation is 1. The van der Waals surface area contributed by atoms with Crippen molar-refractivity contribution in [3.63, 3.8) is 0 Å². The largest absolute Gasteiger partial charge is 0.573 e. The van der Waals surface area contributed by atoms with Crippen LogP contribution in [0.25, 0.3) is 0 Å². The Kier molecular flexibility index (Phi) is 4.16. The van der Waals surface area contributed by atoms with E-state index >= 15 is 0 Å². The lowest BCUT2D eigenvalue weighted by atomic mass is 9.77. The molecule has 0 aliphatic carbocycles. The molecule has 162 valence electrons. The lowest BCUT2D eigenvalue weighted by Crippen LogP contribution is -2.41. The number of nitrogens with zero attached hydrogens (tertiary/aromatic N) is 2. The maximum Gasteiger partial charge on any atom is 0.573 e. The molecule has 5 rings (SSSR count). The van der Waals surface area contributed by atoms with Gasteiger partial charge in [-0.3, -0.25) is 14.5 Å². The molecule has 2 amide bonds. The maximum absolute atomic E-state index is 13.2. The summed E-state index contributed by atoms with van der Waals surface area (Å²) in [6.07, 6.45) is -1.81. The highest BCUT2D eigenvalue weighted by Crippen LogP contribution is 2.52. The lowest BCUT2D eigenvalue weighted by Gasteiger charge is -2.23. The van der Waals surface area contributed by atoms with Gasteiger partial charge in [-0.25, -0.2) is 0 Å². The monoisotopic (exact) mass is 435 g/mol. The van der Waals surface area contributed by atoms with Gasteiger partial charge in [0.2, 0.25) is 11.8 Å². The van der Waals surface area contributed by atoms with Crippen molar-refractivity contribution < 1.29 is 36.8 Å². The average Bonchev–Trinajstić information content (AvgIpc) is 3.43. The molecule has 4 atom stereocenters. The van der Waals surface area contributed by atoms with Crippen molar-refractivity contribution in [2.75, 3.05) is 16.8 Å². The second-order valence-electron chi connectivity index (χ2n) is 7.68. The first-order chi connectivity index (χ1) is 14.7. The minimum Gasteiger partial charge on any atom is -0.406 e. The number of fused-ring (bicyclic) bond motifs is 1. The van der Waals surface area contributed by atoms with Crippen LogP contribution < -0.4 is 15.0 Å².